The van der Waals surface area contributed by atoms with Crippen molar-refractivity contribution in [2.24, 2.45) is 5.10 Å². The van der Waals surface area contributed by atoms with Gasteiger partial charge in [-0.3, -0.25) is 5.01 Å². The molecule has 1 atom stereocenters. The Labute approximate surface area is 286 Å². The maximum absolute atomic E-state index is 6.09. The molecule has 0 spiro atoms. The van der Waals surface area contributed by atoms with E-state index in [1.54, 1.807) is 0 Å². The van der Waals surface area contributed by atoms with E-state index in [0.29, 0.717) is 0 Å². The van der Waals surface area contributed by atoms with Crippen molar-refractivity contribution in [1.82, 2.24) is 0 Å². The molecule has 0 N–H and O–H groups in total. The third-order valence-corrected chi connectivity index (χ3v) is 9.10. The largest absolute Gasteiger partial charge is 0.494 e. The van der Waals surface area contributed by atoms with Gasteiger partial charge in [-0.25, -0.2) is 0 Å². The number of para-hydroxylation sites is 1. The minimum Gasteiger partial charge on any atom is -0.494 e. The number of allylic oxidation sites excluding steroid dienone is 1. The first kappa shape index (κ1) is 36.3. The van der Waals surface area contributed by atoms with Crippen molar-refractivity contribution in [2.75, 3.05) is 18.2 Å². The molecule has 0 saturated heterocycles. The zero-order valence-electron chi connectivity index (χ0n) is 29.4. The zero-order chi connectivity index (χ0) is 32.8. The van der Waals surface area contributed by atoms with Crippen LogP contribution in [0.5, 0.6) is 11.5 Å². The van der Waals surface area contributed by atoms with Crippen molar-refractivity contribution in [3.05, 3.63) is 96.1 Å². The summed E-state index contributed by atoms with van der Waals surface area (Å²) < 4.78 is 12.1. The SMILES string of the molecule is CCCCCCCCCCOc1ccc(/C=C/C2=NN(c3ccccc3)[C@H](c3ccc(OCCCCCCCCCC)cc3)C2)cc1. The highest BCUT2D eigenvalue weighted by Gasteiger charge is 2.28. The van der Waals surface area contributed by atoms with Gasteiger partial charge < -0.3 is 9.47 Å². The summed E-state index contributed by atoms with van der Waals surface area (Å²) in [5.74, 6) is 1.90. The molecule has 254 valence electrons. The average Bonchev–Trinajstić information content (AvgIpc) is 3.55. The highest BCUT2D eigenvalue weighted by molar-refractivity contribution is 6.01. The van der Waals surface area contributed by atoms with Gasteiger partial charge in [-0.2, -0.15) is 5.10 Å². The van der Waals surface area contributed by atoms with Crippen molar-refractivity contribution in [3.8, 4) is 11.5 Å². The smallest absolute Gasteiger partial charge is 0.119 e. The second kappa shape index (κ2) is 22.1. The van der Waals surface area contributed by atoms with E-state index in [9.17, 15) is 0 Å². The Morgan fingerprint density at radius 1 is 0.574 bits per heavy atom. The Morgan fingerprint density at radius 2 is 1.06 bits per heavy atom. The summed E-state index contributed by atoms with van der Waals surface area (Å²) in [6.07, 6.45) is 26.2. The summed E-state index contributed by atoms with van der Waals surface area (Å²) in [7, 11) is 0. The molecule has 1 heterocycles. The molecule has 1 aliphatic rings. The molecule has 0 radical (unpaired) electrons. The molecule has 0 saturated carbocycles. The summed E-state index contributed by atoms with van der Waals surface area (Å²) in [6.45, 7) is 6.13. The molecule has 0 aliphatic carbocycles. The molecule has 4 heteroatoms. The Kier molecular flexibility index (Phi) is 17.1. The number of unbranched alkanes of at least 4 members (excludes halogenated alkanes) is 14. The predicted molar refractivity (Wildman–Crippen MR) is 202 cm³/mol. The summed E-state index contributed by atoms with van der Waals surface area (Å²) in [6, 6.07) is 27.7. The van der Waals surface area contributed by atoms with Gasteiger partial charge in [0.05, 0.1) is 30.7 Å². The van der Waals surface area contributed by atoms with Crippen LogP contribution in [-0.2, 0) is 0 Å². The number of hydrogen-bond donors (Lipinski definition) is 0. The number of hydrazone groups is 1. The van der Waals surface area contributed by atoms with Crippen LogP contribution in [0.1, 0.15) is 140 Å². The van der Waals surface area contributed by atoms with Crippen LogP contribution in [0.15, 0.2) is 90.0 Å². The summed E-state index contributed by atoms with van der Waals surface area (Å²) >= 11 is 0. The maximum atomic E-state index is 6.09. The minimum absolute atomic E-state index is 0.144. The normalized spacial score (nSPS) is 14.6. The lowest BCUT2D eigenvalue weighted by molar-refractivity contribution is 0.304. The summed E-state index contributed by atoms with van der Waals surface area (Å²) in [4.78, 5) is 0. The average molecular weight is 637 g/mol. The molecule has 3 aromatic rings. The van der Waals surface area contributed by atoms with Crippen molar-refractivity contribution in [1.29, 1.82) is 0 Å². The van der Waals surface area contributed by atoms with E-state index in [4.69, 9.17) is 14.6 Å². The molecule has 0 fully saturated rings. The minimum atomic E-state index is 0.144. The van der Waals surface area contributed by atoms with E-state index in [0.717, 1.165) is 60.9 Å². The molecule has 0 bridgehead atoms. The molecule has 3 aromatic carbocycles. The highest BCUT2D eigenvalue weighted by Crippen LogP contribution is 2.36. The fraction of sp³-hybridized carbons (Fsp3) is 0.512. The molecular formula is C43H60N2O2. The van der Waals surface area contributed by atoms with E-state index in [1.165, 1.54) is 95.5 Å². The number of nitrogens with zero attached hydrogens (tertiary/aromatic N) is 2. The number of ether oxygens (including phenoxy) is 2. The Balaban J connectivity index is 1.24. The van der Waals surface area contributed by atoms with Crippen LogP contribution in [0.2, 0.25) is 0 Å². The van der Waals surface area contributed by atoms with Crippen LogP contribution in [0.3, 0.4) is 0 Å². The van der Waals surface area contributed by atoms with Crippen LogP contribution in [0, 0.1) is 0 Å². The van der Waals surface area contributed by atoms with Gasteiger partial charge >= 0.3 is 0 Å². The van der Waals surface area contributed by atoms with Gasteiger partial charge in [-0.05, 0) is 66.4 Å². The van der Waals surface area contributed by atoms with Gasteiger partial charge in [0.1, 0.15) is 11.5 Å². The van der Waals surface area contributed by atoms with Crippen molar-refractivity contribution in [2.45, 2.75) is 129 Å². The lowest BCUT2D eigenvalue weighted by Gasteiger charge is -2.24. The third kappa shape index (κ3) is 13.6. The summed E-state index contributed by atoms with van der Waals surface area (Å²) in [5, 5.41) is 7.23. The molecule has 0 amide bonds. The third-order valence-electron chi connectivity index (χ3n) is 9.10. The van der Waals surface area contributed by atoms with E-state index >= 15 is 0 Å². The number of hydrogen-bond acceptors (Lipinski definition) is 4. The quantitative estimate of drug-likeness (QED) is 0.0918. The van der Waals surface area contributed by atoms with E-state index in [1.807, 2.05) is 0 Å². The Morgan fingerprint density at radius 3 is 1.60 bits per heavy atom. The zero-order valence-corrected chi connectivity index (χ0v) is 29.4. The topological polar surface area (TPSA) is 34.1 Å². The summed E-state index contributed by atoms with van der Waals surface area (Å²) in [5.41, 5.74) is 4.58. The lowest BCUT2D eigenvalue weighted by atomic mass is 10.0. The van der Waals surface area contributed by atoms with Crippen molar-refractivity contribution in [3.63, 3.8) is 0 Å². The van der Waals surface area contributed by atoms with Gasteiger partial charge in [0, 0.05) is 6.42 Å². The van der Waals surface area contributed by atoms with Gasteiger partial charge in [-0.15, -0.1) is 0 Å². The number of anilines is 1. The van der Waals surface area contributed by atoms with E-state index in [2.05, 4.69) is 110 Å². The highest BCUT2D eigenvalue weighted by atomic mass is 16.5. The van der Waals surface area contributed by atoms with Crippen LogP contribution < -0.4 is 14.5 Å². The fourth-order valence-corrected chi connectivity index (χ4v) is 6.22. The van der Waals surface area contributed by atoms with Crippen LogP contribution in [0.4, 0.5) is 5.69 Å². The molecule has 0 aromatic heterocycles. The molecule has 47 heavy (non-hydrogen) atoms. The first-order valence-electron chi connectivity index (χ1n) is 18.8. The number of benzene rings is 3. The Bertz CT molecular complexity index is 1280. The van der Waals surface area contributed by atoms with Crippen LogP contribution in [-0.4, -0.2) is 18.9 Å². The van der Waals surface area contributed by atoms with E-state index in [-0.39, 0.29) is 6.04 Å². The monoisotopic (exact) mass is 636 g/mol. The molecule has 4 nitrogen and oxygen atoms in total. The predicted octanol–water partition coefficient (Wildman–Crippen LogP) is 12.7. The van der Waals surface area contributed by atoms with Crippen molar-refractivity contribution < 1.29 is 9.47 Å². The van der Waals surface area contributed by atoms with E-state index < -0.39 is 0 Å². The maximum Gasteiger partial charge on any atom is 0.119 e. The first-order chi connectivity index (χ1) is 23.3. The van der Waals surface area contributed by atoms with Crippen LogP contribution >= 0.6 is 0 Å². The second-order valence-electron chi connectivity index (χ2n) is 13.1. The van der Waals surface area contributed by atoms with Gasteiger partial charge in [0.15, 0.2) is 0 Å². The first-order valence-corrected chi connectivity index (χ1v) is 18.8. The number of rotatable bonds is 24. The van der Waals surface area contributed by atoms with Gasteiger partial charge in [0.2, 0.25) is 0 Å². The van der Waals surface area contributed by atoms with Gasteiger partial charge in [-0.1, -0.05) is 152 Å². The standard InChI is InChI=1S/C43H60N2O2/c1-3-5-7-9-11-13-15-20-34-46-41-30-25-37(26-31-41)24-29-39-36-43(45(44-39)40-22-18-17-19-23-40)38-27-32-42(33-28-38)47-35-21-16-14-12-10-8-6-4-2/h17-19,22-33,43H,3-16,20-21,34-36H2,1-2H3/b29-24+/t43-/m0/s1. The molecular weight excluding hydrogens is 576 g/mol. The van der Waals surface area contributed by atoms with Gasteiger partial charge in [0.25, 0.3) is 0 Å². The Hall–Kier alpha value is -3.53. The lowest BCUT2D eigenvalue weighted by Crippen LogP contribution is -2.18. The van der Waals surface area contributed by atoms with Crippen molar-refractivity contribution >= 4 is 17.5 Å². The molecule has 0 unspecified atom stereocenters. The molecule has 4 rings (SSSR count). The molecule has 1 aliphatic heterocycles. The fourth-order valence-electron chi connectivity index (χ4n) is 6.22. The second-order valence-corrected chi connectivity index (χ2v) is 13.1. The van der Waals surface area contributed by atoms with Crippen LogP contribution in [0.25, 0.3) is 6.08 Å².